The van der Waals surface area contributed by atoms with Gasteiger partial charge in [0.15, 0.2) is 0 Å². The van der Waals surface area contributed by atoms with Crippen molar-refractivity contribution >= 4 is 11.9 Å². The number of ether oxygens (including phenoxy) is 2. The van der Waals surface area contributed by atoms with Gasteiger partial charge in [0.2, 0.25) is 0 Å². The molecule has 0 bridgehead atoms. The monoisotopic (exact) mass is 454 g/mol. The molecule has 34 heavy (non-hydrogen) atoms. The molecule has 0 spiro atoms. The fourth-order valence-electron chi connectivity index (χ4n) is 5.49. The number of benzene rings is 3. The van der Waals surface area contributed by atoms with E-state index >= 15 is 0 Å². The normalized spacial score (nSPS) is 24.0. The Morgan fingerprint density at radius 2 is 0.912 bits per heavy atom. The maximum absolute atomic E-state index is 12.9. The summed E-state index contributed by atoms with van der Waals surface area (Å²) in [6.45, 7) is 0. The summed E-state index contributed by atoms with van der Waals surface area (Å²) in [5.74, 6) is 0.382. The number of rotatable bonds is 4. The zero-order valence-electron chi connectivity index (χ0n) is 19.3. The van der Waals surface area contributed by atoms with E-state index in [-0.39, 0.29) is 11.9 Å². The van der Waals surface area contributed by atoms with Crippen molar-refractivity contribution in [3.63, 3.8) is 0 Å². The number of esters is 2. The first-order chi connectivity index (χ1) is 16.7. The topological polar surface area (TPSA) is 52.6 Å². The highest BCUT2D eigenvalue weighted by molar-refractivity contribution is 5.90. The van der Waals surface area contributed by atoms with Crippen LogP contribution in [-0.2, 0) is 22.3 Å². The van der Waals surface area contributed by atoms with Gasteiger partial charge in [0.25, 0.3) is 0 Å². The Bertz CT molecular complexity index is 1030. The summed E-state index contributed by atoms with van der Waals surface area (Å²) >= 11 is 0. The van der Waals surface area contributed by atoms with Gasteiger partial charge in [-0.05, 0) is 85.8 Å². The summed E-state index contributed by atoms with van der Waals surface area (Å²) in [5, 5.41) is 0. The molecule has 0 radical (unpaired) electrons. The first-order valence-corrected chi connectivity index (χ1v) is 12.3. The molecule has 0 saturated heterocycles. The van der Waals surface area contributed by atoms with Crippen molar-refractivity contribution in [2.45, 2.75) is 50.7 Å². The molecule has 5 rings (SSSR count). The highest BCUT2D eigenvalue weighted by Gasteiger charge is 2.37. The Labute approximate surface area is 200 Å². The predicted molar refractivity (Wildman–Crippen MR) is 131 cm³/mol. The molecule has 0 heterocycles. The van der Waals surface area contributed by atoms with E-state index in [1.165, 1.54) is 11.1 Å². The third kappa shape index (κ3) is 5.06. The molecule has 4 unspecified atom stereocenters. The zero-order valence-corrected chi connectivity index (χ0v) is 19.3. The van der Waals surface area contributed by atoms with Crippen LogP contribution in [0, 0.1) is 11.8 Å². The number of carbonyl (C=O) groups excluding carboxylic acids is 2. The third-order valence-electron chi connectivity index (χ3n) is 7.34. The quantitative estimate of drug-likeness (QED) is 0.451. The van der Waals surface area contributed by atoms with Crippen LogP contribution in [0.25, 0.3) is 0 Å². The molecule has 0 aromatic heterocycles. The lowest BCUT2D eigenvalue weighted by atomic mass is 9.70. The van der Waals surface area contributed by atoms with E-state index in [4.69, 9.17) is 9.47 Å². The van der Waals surface area contributed by atoms with Crippen molar-refractivity contribution in [2.75, 3.05) is 0 Å². The van der Waals surface area contributed by atoms with Crippen molar-refractivity contribution in [1.82, 2.24) is 0 Å². The largest absolute Gasteiger partial charge is 0.455 e. The Morgan fingerprint density at radius 3 is 1.32 bits per heavy atom. The molecular formula is C30H30O4. The van der Waals surface area contributed by atoms with E-state index in [0.29, 0.717) is 35.8 Å². The zero-order chi connectivity index (χ0) is 23.3. The predicted octanol–water partition coefficient (Wildman–Crippen LogP) is 6.04. The van der Waals surface area contributed by atoms with Crippen molar-refractivity contribution in [3.8, 4) is 0 Å². The summed E-state index contributed by atoms with van der Waals surface area (Å²) in [6, 6.07) is 26.8. The molecule has 4 nitrogen and oxygen atoms in total. The fourth-order valence-corrected chi connectivity index (χ4v) is 5.49. The average molecular weight is 455 g/mol. The van der Waals surface area contributed by atoms with Crippen LogP contribution < -0.4 is 0 Å². The Hall–Kier alpha value is -3.40. The molecule has 2 aliphatic rings. The highest BCUT2D eigenvalue weighted by atomic mass is 16.6. The second-order valence-electron chi connectivity index (χ2n) is 9.47. The minimum atomic E-state index is -0.460. The van der Waals surface area contributed by atoms with Gasteiger partial charge in [0, 0.05) is 0 Å². The number of hydrogen-bond acceptors (Lipinski definition) is 4. The van der Waals surface area contributed by atoms with Gasteiger partial charge in [-0.3, -0.25) is 0 Å². The molecular weight excluding hydrogens is 424 g/mol. The Morgan fingerprint density at radius 1 is 0.529 bits per heavy atom. The lowest BCUT2D eigenvalue weighted by Gasteiger charge is -2.38. The molecule has 2 aliphatic carbocycles. The highest BCUT2D eigenvalue weighted by Crippen LogP contribution is 2.39. The first kappa shape index (κ1) is 22.4. The smallest absolute Gasteiger partial charge is 0.338 e. The molecule has 3 aromatic rings. The molecule has 1 fully saturated rings. The lowest BCUT2D eigenvalue weighted by Crippen LogP contribution is -2.39. The molecule has 1 saturated carbocycles. The van der Waals surface area contributed by atoms with Gasteiger partial charge < -0.3 is 9.47 Å². The average Bonchev–Trinajstić information content (AvgIpc) is 2.88. The van der Waals surface area contributed by atoms with Crippen molar-refractivity contribution < 1.29 is 19.1 Å². The molecule has 4 atom stereocenters. The van der Waals surface area contributed by atoms with Crippen LogP contribution in [-0.4, -0.2) is 24.1 Å². The van der Waals surface area contributed by atoms with E-state index < -0.39 is 12.2 Å². The van der Waals surface area contributed by atoms with Crippen molar-refractivity contribution in [3.05, 3.63) is 107 Å². The van der Waals surface area contributed by atoms with Gasteiger partial charge >= 0.3 is 11.9 Å². The van der Waals surface area contributed by atoms with Crippen LogP contribution in [0.1, 0.15) is 57.5 Å². The molecule has 3 aromatic carbocycles. The summed E-state index contributed by atoms with van der Waals surface area (Å²) < 4.78 is 12.0. The molecule has 4 heteroatoms. The maximum Gasteiger partial charge on any atom is 0.338 e. The van der Waals surface area contributed by atoms with E-state index in [0.717, 1.165) is 25.7 Å². The minimum absolute atomic E-state index is 0.363. The maximum atomic E-state index is 12.9. The van der Waals surface area contributed by atoms with Gasteiger partial charge in [-0.2, -0.15) is 0 Å². The third-order valence-corrected chi connectivity index (χ3v) is 7.34. The second kappa shape index (κ2) is 10.3. The lowest BCUT2D eigenvalue weighted by molar-refractivity contribution is -0.0509. The van der Waals surface area contributed by atoms with Crippen LogP contribution in [0.15, 0.2) is 84.9 Å². The standard InChI is InChI=1S/C30H30O4/c31-29(21-9-3-1-4-10-21)33-27-17-15-25-19-23-13-7-8-14-24(23)20-26(25)16-18-28(27)34-30(32)22-11-5-2-6-12-22/h1-14,25-28H,15-20H2. The van der Waals surface area contributed by atoms with E-state index in [1.807, 2.05) is 36.4 Å². The number of fused-ring (bicyclic) bond motifs is 2. The number of carbonyl (C=O) groups is 2. The summed E-state index contributed by atoms with van der Waals surface area (Å²) in [6.07, 6.45) is 4.49. The number of hydrogen-bond donors (Lipinski definition) is 0. The fraction of sp³-hybridized carbons (Fsp3) is 0.333. The van der Waals surface area contributed by atoms with Crippen molar-refractivity contribution in [2.24, 2.45) is 11.8 Å². The van der Waals surface area contributed by atoms with Crippen LogP contribution in [0.4, 0.5) is 0 Å². The summed E-state index contributed by atoms with van der Waals surface area (Å²) in [7, 11) is 0. The van der Waals surface area contributed by atoms with E-state index in [9.17, 15) is 9.59 Å². The van der Waals surface area contributed by atoms with Crippen LogP contribution in [0.2, 0.25) is 0 Å². The van der Waals surface area contributed by atoms with Crippen LogP contribution in [0.3, 0.4) is 0 Å². The second-order valence-corrected chi connectivity index (χ2v) is 9.47. The molecule has 0 aliphatic heterocycles. The van der Waals surface area contributed by atoms with Gasteiger partial charge in [-0.25, -0.2) is 9.59 Å². The first-order valence-electron chi connectivity index (χ1n) is 12.3. The van der Waals surface area contributed by atoms with Gasteiger partial charge in [0.05, 0.1) is 11.1 Å². The minimum Gasteiger partial charge on any atom is -0.455 e. The van der Waals surface area contributed by atoms with Gasteiger partial charge in [0.1, 0.15) is 12.2 Å². The van der Waals surface area contributed by atoms with E-state index in [2.05, 4.69) is 24.3 Å². The van der Waals surface area contributed by atoms with Crippen LogP contribution in [0.5, 0.6) is 0 Å². The van der Waals surface area contributed by atoms with Crippen molar-refractivity contribution in [1.29, 1.82) is 0 Å². The van der Waals surface area contributed by atoms with E-state index in [1.54, 1.807) is 24.3 Å². The Balaban J connectivity index is 1.36. The summed E-state index contributed by atoms with van der Waals surface area (Å²) in [4.78, 5) is 25.8. The SMILES string of the molecule is O=C(OC1CCC2Cc3ccccc3CC2CCC1OC(=O)c1ccccc1)c1ccccc1. The van der Waals surface area contributed by atoms with Crippen LogP contribution >= 0.6 is 0 Å². The summed E-state index contributed by atoms with van der Waals surface area (Å²) in [5.41, 5.74) is 3.91. The molecule has 0 N–H and O–H groups in total. The van der Waals surface area contributed by atoms with Gasteiger partial charge in [-0.15, -0.1) is 0 Å². The Kier molecular flexibility index (Phi) is 6.75. The molecule has 174 valence electrons. The van der Waals surface area contributed by atoms with Gasteiger partial charge in [-0.1, -0.05) is 60.7 Å². The molecule has 0 amide bonds.